The van der Waals surface area contributed by atoms with Crippen LogP contribution >= 0.6 is 15.9 Å². The summed E-state index contributed by atoms with van der Waals surface area (Å²) in [6.07, 6.45) is 0. The molecule has 21 heavy (non-hydrogen) atoms. The van der Waals surface area contributed by atoms with Gasteiger partial charge in [0.2, 0.25) is 0 Å². The summed E-state index contributed by atoms with van der Waals surface area (Å²) < 4.78 is 49.1. The first-order valence-electron chi connectivity index (χ1n) is 5.62. The van der Waals surface area contributed by atoms with E-state index in [1.165, 1.54) is 38.1 Å². The summed E-state index contributed by atoms with van der Waals surface area (Å²) in [5.41, 5.74) is -0.0199. The highest BCUT2D eigenvalue weighted by Gasteiger charge is 2.42. The first kappa shape index (κ1) is 16.1. The smallest absolute Gasteiger partial charge is 0.267 e. The summed E-state index contributed by atoms with van der Waals surface area (Å²) in [7, 11) is -8.33. The molecule has 0 aromatic heterocycles. The third-order valence-corrected chi connectivity index (χ3v) is 6.77. The molecule has 0 spiro atoms. The topological polar surface area (TPSA) is 101 Å². The zero-order chi connectivity index (χ0) is 16.0. The van der Waals surface area contributed by atoms with E-state index >= 15 is 0 Å². The van der Waals surface area contributed by atoms with Crippen LogP contribution in [0.1, 0.15) is 13.8 Å². The first-order valence-corrected chi connectivity index (χ1v) is 9.34. The number of hydrogen-bond acceptors (Lipinski definition) is 5. The van der Waals surface area contributed by atoms with Crippen molar-refractivity contribution in [2.75, 3.05) is 0 Å². The number of nitrogens with zero attached hydrogens (tertiary/aromatic N) is 1. The van der Waals surface area contributed by atoms with Crippen molar-refractivity contribution < 1.29 is 21.6 Å². The van der Waals surface area contributed by atoms with Gasteiger partial charge in [0.05, 0.1) is 9.80 Å². The van der Waals surface area contributed by atoms with Gasteiger partial charge >= 0.3 is 0 Å². The molecule has 0 unspecified atom stereocenters. The molecule has 0 fully saturated rings. The fraction of sp³-hybridized carbons (Fsp3) is 0.182. The van der Waals surface area contributed by atoms with Gasteiger partial charge < -0.3 is 0 Å². The summed E-state index contributed by atoms with van der Waals surface area (Å²) in [6.45, 7) is 2.57. The molecule has 0 saturated carbocycles. The Hall–Kier alpha value is -1.23. The molecule has 1 amide bonds. The highest BCUT2D eigenvalue weighted by molar-refractivity contribution is 9.10. The average Bonchev–Trinajstić information content (AvgIpc) is 2.54. The lowest BCUT2D eigenvalue weighted by Crippen LogP contribution is -2.46. The van der Waals surface area contributed by atoms with Crippen LogP contribution < -0.4 is 4.83 Å². The second kappa shape index (κ2) is 5.20. The van der Waals surface area contributed by atoms with Gasteiger partial charge in [0.25, 0.3) is 26.0 Å². The van der Waals surface area contributed by atoms with Gasteiger partial charge in [0.1, 0.15) is 0 Å². The van der Waals surface area contributed by atoms with E-state index in [0.29, 0.717) is 4.47 Å². The molecule has 1 aromatic carbocycles. The van der Waals surface area contributed by atoms with Crippen LogP contribution in [0.5, 0.6) is 0 Å². The number of carbonyl (C=O) groups excluding carboxylic acids is 1. The number of carbonyl (C=O) groups is 1. The van der Waals surface area contributed by atoms with Crippen molar-refractivity contribution in [2.24, 2.45) is 0 Å². The minimum Gasteiger partial charge on any atom is -0.267 e. The molecule has 2 rings (SSSR count). The van der Waals surface area contributed by atoms with Gasteiger partial charge in [-0.1, -0.05) is 15.9 Å². The van der Waals surface area contributed by atoms with E-state index in [4.69, 9.17) is 0 Å². The van der Waals surface area contributed by atoms with Gasteiger partial charge in [-0.05, 0) is 38.1 Å². The van der Waals surface area contributed by atoms with Crippen molar-refractivity contribution in [3.8, 4) is 0 Å². The molecule has 1 heterocycles. The van der Waals surface area contributed by atoms with E-state index in [1.807, 2.05) is 0 Å². The number of sulfonamides is 2. The van der Waals surface area contributed by atoms with Crippen LogP contribution in [0.2, 0.25) is 0 Å². The Bertz CT molecular complexity index is 841. The average molecular weight is 395 g/mol. The lowest BCUT2D eigenvalue weighted by atomic mass is 10.3. The zero-order valence-electron chi connectivity index (χ0n) is 11.0. The molecule has 10 heteroatoms. The minimum atomic E-state index is -4.18. The van der Waals surface area contributed by atoms with Crippen molar-refractivity contribution in [3.05, 3.63) is 39.2 Å². The second-order valence-electron chi connectivity index (χ2n) is 4.30. The van der Waals surface area contributed by atoms with E-state index in [0.717, 1.165) is 0 Å². The number of hydrazine groups is 1. The Balaban J connectivity index is 2.39. The van der Waals surface area contributed by atoms with Crippen LogP contribution in [0.15, 0.2) is 44.1 Å². The molecule has 0 bridgehead atoms. The van der Waals surface area contributed by atoms with E-state index in [-0.39, 0.29) is 19.8 Å². The quantitative estimate of drug-likeness (QED) is 0.827. The van der Waals surface area contributed by atoms with Gasteiger partial charge in [-0.25, -0.2) is 8.42 Å². The lowest BCUT2D eigenvalue weighted by molar-refractivity contribution is -0.123. The Morgan fingerprint density at radius 3 is 2.10 bits per heavy atom. The maximum atomic E-state index is 12.1. The SMILES string of the molecule is CC1=C(C)S(=O)(=O)N(NS(=O)(=O)c2ccc(Br)cc2)C1=O. The highest BCUT2D eigenvalue weighted by Crippen LogP contribution is 2.26. The van der Waals surface area contributed by atoms with Gasteiger partial charge in [-0.3, -0.25) is 4.79 Å². The van der Waals surface area contributed by atoms with Crippen LogP contribution in [-0.2, 0) is 24.8 Å². The Kier molecular flexibility index (Phi) is 4.00. The van der Waals surface area contributed by atoms with Crippen LogP contribution in [0, 0.1) is 0 Å². The number of hydrogen-bond donors (Lipinski definition) is 1. The van der Waals surface area contributed by atoms with Gasteiger partial charge in [0.15, 0.2) is 0 Å². The van der Waals surface area contributed by atoms with Gasteiger partial charge in [-0.2, -0.15) is 8.42 Å². The Morgan fingerprint density at radius 2 is 1.67 bits per heavy atom. The summed E-state index contributed by atoms with van der Waals surface area (Å²) in [5, 5.41) is 0. The summed E-state index contributed by atoms with van der Waals surface area (Å²) in [4.78, 5) is 13.3. The van der Waals surface area contributed by atoms with E-state index in [9.17, 15) is 21.6 Å². The van der Waals surface area contributed by atoms with Crippen molar-refractivity contribution in [1.29, 1.82) is 0 Å². The number of halogens is 1. The Morgan fingerprint density at radius 1 is 1.14 bits per heavy atom. The molecular weight excluding hydrogens is 384 g/mol. The summed E-state index contributed by atoms with van der Waals surface area (Å²) in [6, 6.07) is 5.55. The van der Waals surface area contributed by atoms with Crippen molar-refractivity contribution >= 4 is 41.9 Å². The molecule has 114 valence electrons. The maximum Gasteiger partial charge on any atom is 0.279 e. The number of rotatable bonds is 3. The highest BCUT2D eigenvalue weighted by atomic mass is 79.9. The monoisotopic (exact) mass is 394 g/mol. The number of benzene rings is 1. The fourth-order valence-corrected chi connectivity index (χ4v) is 4.56. The van der Waals surface area contributed by atoms with Crippen molar-refractivity contribution in [3.63, 3.8) is 0 Å². The summed E-state index contributed by atoms with van der Waals surface area (Å²) >= 11 is 3.16. The third kappa shape index (κ3) is 2.76. The molecule has 1 N–H and O–H groups in total. The largest absolute Gasteiger partial charge is 0.279 e. The number of allylic oxidation sites excluding steroid dienone is 1. The summed E-state index contributed by atoms with van der Waals surface area (Å²) in [5.74, 6) is -0.909. The normalized spacial score (nSPS) is 18.4. The standard InChI is InChI=1S/C11H11BrN2O5S2/c1-7-8(2)21(18,19)14(11(7)15)13-20(16,17)10-5-3-9(12)4-6-10/h3-6,13H,1-2H3. The molecular formula is C11H11BrN2O5S2. The van der Waals surface area contributed by atoms with E-state index in [1.54, 1.807) is 4.83 Å². The molecule has 0 radical (unpaired) electrons. The van der Waals surface area contributed by atoms with Crippen LogP contribution in [0.3, 0.4) is 0 Å². The molecule has 0 saturated heterocycles. The number of amides is 1. The minimum absolute atomic E-state index is 0.0199. The molecule has 1 aliphatic rings. The molecule has 7 nitrogen and oxygen atoms in total. The van der Waals surface area contributed by atoms with Gasteiger partial charge in [0, 0.05) is 10.0 Å². The van der Waals surface area contributed by atoms with Crippen LogP contribution in [0.4, 0.5) is 0 Å². The Labute approximate surface area is 130 Å². The van der Waals surface area contributed by atoms with Crippen molar-refractivity contribution in [1.82, 2.24) is 9.25 Å². The van der Waals surface area contributed by atoms with Crippen LogP contribution in [0.25, 0.3) is 0 Å². The molecule has 1 aromatic rings. The predicted octanol–water partition coefficient (Wildman–Crippen LogP) is 1.11. The van der Waals surface area contributed by atoms with E-state index < -0.39 is 26.0 Å². The van der Waals surface area contributed by atoms with Crippen LogP contribution in [-0.4, -0.2) is 27.2 Å². The number of nitrogens with one attached hydrogen (secondary N) is 1. The maximum absolute atomic E-state index is 12.1. The predicted molar refractivity (Wildman–Crippen MR) is 78.6 cm³/mol. The zero-order valence-corrected chi connectivity index (χ0v) is 14.2. The van der Waals surface area contributed by atoms with Crippen molar-refractivity contribution in [2.45, 2.75) is 18.7 Å². The lowest BCUT2D eigenvalue weighted by Gasteiger charge is -2.17. The second-order valence-corrected chi connectivity index (χ2v) is 8.81. The molecule has 0 atom stereocenters. The molecule has 1 aliphatic heterocycles. The van der Waals surface area contributed by atoms with Gasteiger partial charge in [-0.15, -0.1) is 9.25 Å². The van der Waals surface area contributed by atoms with E-state index in [2.05, 4.69) is 15.9 Å². The third-order valence-electron chi connectivity index (χ3n) is 2.99. The molecule has 0 aliphatic carbocycles. The fourth-order valence-electron chi connectivity index (χ4n) is 1.61. The first-order chi connectivity index (χ1) is 9.57.